The second-order valence-electron chi connectivity index (χ2n) is 4.22. The molecule has 1 unspecified atom stereocenters. The van der Waals surface area contributed by atoms with E-state index in [0.29, 0.717) is 5.56 Å². The maximum atomic E-state index is 13.6. The molecular formula is C12H15FO5S2. The lowest BCUT2D eigenvalue weighted by Crippen LogP contribution is -2.13. The Morgan fingerprint density at radius 1 is 1.40 bits per heavy atom. The molecule has 0 fully saturated rings. The zero-order chi connectivity index (χ0) is 15.3. The maximum Gasteiger partial charge on any atom is 0.340 e. The molecule has 0 aliphatic rings. The summed E-state index contributed by atoms with van der Waals surface area (Å²) in [4.78, 5) is 11.2. The first-order chi connectivity index (χ1) is 9.23. The number of sulfone groups is 1. The Hall–Kier alpha value is -1.28. The van der Waals surface area contributed by atoms with Crippen LogP contribution in [0.15, 0.2) is 18.2 Å². The Morgan fingerprint density at radius 3 is 2.55 bits per heavy atom. The normalized spacial score (nSPS) is 12.9. The summed E-state index contributed by atoms with van der Waals surface area (Å²) in [5.41, 5.74) is 0.236. The van der Waals surface area contributed by atoms with Gasteiger partial charge in [0.05, 0.1) is 18.4 Å². The van der Waals surface area contributed by atoms with Crippen LogP contribution in [0.4, 0.5) is 4.39 Å². The van der Waals surface area contributed by atoms with Gasteiger partial charge in [-0.3, -0.25) is 4.21 Å². The summed E-state index contributed by atoms with van der Waals surface area (Å²) in [7, 11) is -3.43. The summed E-state index contributed by atoms with van der Waals surface area (Å²) < 4.78 is 51.6. The lowest BCUT2D eigenvalue weighted by molar-refractivity contribution is 0.0595. The Kier molecular flexibility index (Phi) is 5.82. The number of hydrogen-bond acceptors (Lipinski definition) is 5. The van der Waals surface area contributed by atoms with Gasteiger partial charge in [-0.05, 0) is 17.7 Å². The molecule has 1 atom stereocenters. The van der Waals surface area contributed by atoms with Gasteiger partial charge in [-0.25, -0.2) is 17.6 Å². The topological polar surface area (TPSA) is 77.5 Å². The van der Waals surface area contributed by atoms with Crippen LogP contribution in [-0.4, -0.2) is 43.5 Å². The van der Waals surface area contributed by atoms with Crippen LogP contribution in [0.2, 0.25) is 0 Å². The van der Waals surface area contributed by atoms with Crippen LogP contribution in [-0.2, 0) is 31.1 Å². The summed E-state index contributed by atoms with van der Waals surface area (Å²) in [6.07, 6.45) is 1.06. The van der Waals surface area contributed by atoms with E-state index in [1.807, 2.05) is 0 Å². The molecule has 0 N–H and O–H groups in total. The molecule has 1 aromatic rings. The van der Waals surface area contributed by atoms with Crippen molar-refractivity contribution in [1.29, 1.82) is 0 Å². The summed E-state index contributed by atoms with van der Waals surface area (Å²) in [5, 5.41) is 0. The van der Waals surface area contributed by atoms with Crippen molar-refractivity contribution in [2.75, 3.05) is 24.9 Å². The zero-order valence-electron chi connectivity index (χ0n) is 11.1. The quantitative estimate of drug-likeness (QED) is 0.727. The Labute approximate surface area is 119 Å². The van der Waals surface area contributed by atoms with E-state index in [9.17, 15) is 21.8 Å². The number of carbonyl (C=O) groups is 1. The average molecular weight is 322 g/mol. The minimum Gasteiger partial charge on any atom is -0.465 e. The van der Waals surface area contributed by atoms with Crippen molar-refractivity contribution < 1.29 is 26.5 Å². The van der Waals surface area contributed by atoms with E-state index < -0.39 is 32.4 Å². The molecule has 5 nitrogen and oxygen atoms in total. The minimum absolute atomic E-state index is 0.000788. The molecule has 1 aromatic carbocycles. The summed E-state index contributed by atoms with van der Waals surface area (Å²) in [6.45, 7) is 0. The summed E-state index contributed by atoms with van der Waals surface area (Å²) >= 11 is 0. The van der Waals surface area contributed by atoms with Crippen LogP contribution in [0.25, 0.3) is 0 Å². The number of hydrogen-bond donors (Lipinski definition) is 0. The van der Waals surface area contributed by atoms with Crippen LogP contribution in [0, 0.1) is 5.82 Å². The smallest absolute Gasteiger partial charge is 0.340 e. The number of esters is 1. The molecule has 20 heavy (non-hydrogen) atoms. The molecule has 0 radical (unpaired) electrons. The standard InChI is InChI=1S/C12H15FO5S2/c1-18-12(14)10-4-3-9(7-11(10)13)8-19(15)5-6-20(2,16)17/h3-4,7H,5-6,8H2,1-2H3. The highest BCUT2D eigenvalue weighted by atomic mass is 32.2. The highest BCUT2D eigenvalue weighted by molar-refractivity contribution is 7.92. The minimum atomic E-state index is -3.17. The van der Waals surface area contributed by atoms with Crippen molar-refractivity contribution in [3.8, 4) is 0 Å². The van der Waals surface area contributed by atoms with Crippen molar-refractivity contribution in [1.82, 2.24) is 0 Å². The molecule has 0 aromatic heterocycles. The van der Waals surface area contributed by atoms with Crippen LogP contribution in [0.1, 0.15) is 15.9 Å². The summed E-state index contributed by atoms with van der Waals surface area (Å²) in [6, 6.07) is 3.82. The molecule has 0 saturated heterocycles. The first-order valence-corrected chi connectivity index (χ1v) is 9.17. The van der Waals surface area contributed by atoms with Gasteiger partial charge in [0.2, 0.25) is 0 Å². The lowest BCUT2D eigenvalue weighted by Gasteiger charge is -2.05. The summed E-state index contributed by atoms with van der Waals surface area (Å²) in [5.74, 6) is -1.68. The third kappa shape index (κ3) is 5.38. The SMILES string of the molecule is COC(=O)c1ccc(CS(=O)CCS(C)(=O)=O)cc1F. The van der Waals surface area contributed by atoms with Gasteiger partial charge in [-0.1, -0.05) is 6.07 Å². The fraction of sp³-hybridized carbons (Fsp3) is 0.417. The van der Waals surface area contributed by atoms with Crippen LogP contribution in [0.5, 0.6) is 0 Å². The van der Waals surface area contributed by atoms with Crippen molar-refractivity contribution >= 4 is 26.6 Å². The molecular weight excluding hydrogens is 307 g/mol. The molecule has 1 rings (SSSR count). The molecule has 0 heterocycles. The molecule has 0 saturated carbocycles. The predicted molar refractivity (Wildman–Crippen MR) is 74.2 cm³/mol. The maximum absolute atomic E-state index is 13.6. The third-order valence-corrected chi connectivity index (χ3v) is 4.97. The van der Waals surface area contributed by atoms with Crippen molar-refractivity contribution in [3.05, 3.63) is 35.1 Å². The van der Waals surface area contributed by atoms with Gasteiger partial charge in [0, 0.05) is 28.6 Å². The van der Waals surface area contributed by atoms with Crippen LogP contribution >= 0.6 is 0 Å². The van der Waals surface area contributed by atoms with E-state index in [0.717, 1.165) is 19.4 Å². The van der Waals surface area contributed by atoms with E-state index in [4.69, 9.17) is 0 Å². The van der Waals surface area contributed by atoms with E-state index in [1.54, 1.807) is 0 Å². The molecule has 0 spiro atoms. The van der Waals surface area contributed by atoms with Gasteiger partial charge in [-0.2, -0.15) is 0 Å². The average Bonchev–Trinajstić information content (AvgIpc) is 2.35. The van der Waals surface area contributed by atoms with Gasteiger partial charge in [0.1, 0.15) is 15.7 Å². The van der Waals surface area contributed by atoms with Gasteiger partial charge < -0.3 is 4.74 Å². The van der Waals surface area contributed by atoms with Gasteiger partial charge in [-0.15, -0.1) is 0 Å². The first-order valence-electron chi connectivity index (χ1n) is 5.62. The Bertz CT molecular complexity index is 625. The van der Waals surface area contributed by atoms with Crippen LogP contribution < -0.4 is 0 Å². The number of halogens is 1. The number of rotatable bonds is 6. The number of methoxy groups -OCH3 is 1. The molecule has 0 bridgehead atoms. The zero-order valence-corrected chi connectivity index (χ0v) is 12.7. The monoisotopic (exact) mass is 322 g/mol. The third-order valence-electron chi connectivity index (χ3n) is 2.45. The van der Waals surface area contributed by atoms with Crippen LogP contribution in [0.3, 0.4) is 0 Å². The van der Waals surface area contributed by atoms with E-state index >= 15 is 0 Å². The number of carbonyl (C=O) groups excluding carboxylic acids is 1. The highest BCUT2D eigenvalue weighted by Crippen LogP contribution is 2.13. The number of ether oxygens (including phenoxy) is 1. The van der Waals surface area contributed by atoms with E-state index in [2.05, 4.69) is 4.74 Å². The fourth-order valence-electron chi connectivity index (χ4n) is 1.43. The van der Waals surface area contributed by atoms with Gasteiger partial charge in [0.25, 0.3) is 0 Å². The molecule has 8 heteroatoms. The molecule has 112 valence electrons. The Balaban J connectivity index is 2.72. The van der Waals surface area contributed by atoms with Crippen molar-refractivity contribution in [2.45, 2.75) is 5.75 Å². The van der Waals surface area contributed by atoms with Crippen molar-refractivity contribution in [2.24, 2.45) is 0 Å². The highest BCUT2D eigenvalue weighted by Gasteiger charge is 2.14. The molecule has 0 aliphatic heterocycles. The fourth-order valence-corrected chi connectivity index (χ4v) is 4.08. The second kappa shape index (κ2) is 6.94. The van der Waals surface area contributed by atoms with E-state index in [1.165, 1.54) is 12.1 Å². The lowest BCUT2D eigenvalue weighted by atomic mass is 10.1. The largest absolute Gasteiger partial charge is 0.465 e. The van der Waals surface area contributed by atoms with Crippen molar-refractivity contribution in [3.63, 3.8) is 0 Å². The van der Waals surface area contributed by atoms with Gasteiger partial charge in [0.15, 0.2) is 0 Å². The number of benzene rings is 1. The second-order valence-corrected chi connectivity index (χ2v) is 8.06. The van der Waals surface area contributed by atoms with Gasteiger partial charge >= 0.3 is 5.97 Å². The Morgan fingerprint density at radius 2 is 2.05 bits per heavy atom. The first kappa shape index (κ1) is 16.8. The molecule has 0 amide bonds. The van der Waals surface area contributed by atoms with E-state index in [-0.39, 0.29) is 22.8 Å². The predicted octanol–water partition coefficient (Wildman–Crippen LogP) is 0.906. The molecule has 0 aliphatic carbocycles.